The molecule has 0 fully saturated rings. The average Bonchev–Trinajstić information content (AvgIpc) is 1.38. The summed E-state index contributed by atoms with van der Waals surface area (Å²) >= 11 is 0. The first-order valence-corrected chi connectivity index (χ1v) is 1.88. The zero-order valence-electron chi connectivity index (χ0n) is 6.44. The monoisotopic (exact) mass is 130 g/mol. The van der Waals surface area contributed by atoms with Gasteiger partial charge in [-0.25, -0.2) is 0 Å². The van der Waals surface area contributed by atoms with Crippen LogP contribution in [-0.4, -0.2) is 52.1 Å². The number of hydrogen-bond donors (Lipinski definition) is 1. The van der Waals surface area contributed by atoms with Gasteiger partial charge in [0.1, 0.15) is 0 Å². The van der Waals surface area contributed by atoms with Crippen LogP contribution in [0.5, 0.6) is 0 Å². The van der Waals surface area contributed by atoms with Crippen molar-refractivity contribution in [3.05, 3.63) is 0 Å². The largest absolute Gasteiger partial charge is 2.00 e. The van der Waals surface area contributed by atoms with Crippen molar-refractivity contribution in [3.63, 3.8) is 0 Å². The van der Waals surface area contributed by atoms with Gasteiger partial charge in [0.15, 0.2) is 17.4 Å². The molecule has 0 radical (unpaired) electrons. The minimum Gasteiger partial charge on any atom is -1.00 e. The molecular weight excluding hydrogens is 115 g/mol. The molecule has 3 heteroatoms. The summed E-state index contributed by atoms with van der Waals surface area (Å²) in [4.78, 5) is 0. The average molecular weight is 130 g/mol. The fourth-order valence-electron chi connectivity index (χ4n) is 0. The zero-order valence-corrected chi connectivity index (χ0v) is 5.85. The fraction of sp³-hybridized carbons (Fsp3) is 1.00. The molecule has 0 aliphatic rings. The molecule has 0 aliphatic carbocycles. The Morgan fingerprint density at radius 3 is 1.71 bits per heavy atom. The molecule has 7 heavy (non-hydrogen) atoms. The molecule has 0 saturated carbocycles. The van der Waals surface area contributed by atoms with E-state index in [4.69, 9.17) is 5.11 Å². The van der Waals surface area contributed by atoms with Gasteiger partial charge in [0.2, 0.25) is 0 Å². The molecule has 0 atom stereocenters. The van der Waals surface area contributed by atoms with Crippen LogP contribution in [0.15, 0.2) is 0 Å². The molecule has 42 valence electrons. The third kappa shape index (κ3) is 18.9. The van der Waals surface area contributed by atoms with Gasteiger partial charge in [-0.1, -0.05) is 13.8 Å². The maximum atomic E-state index is 8.14. The molecule has 0 bridgehead atoms. The Morgan fingerprint density at radius 2 is 1.71 bits per heavy atom. The fourth-order valence-corrected chi connectivity index (χ4v) is 0. The first-order chi connectivity index (χ1) is 2.27. The van der Waals surface area contributed by atoms with E-state index in [1.807, 2.05) is 13.8 Å². The van der Waals surface area contributed by atoms with Crippen LogP contribution in [0, 0.1) is 5.92 Å². The van der Waals surface area contributed by atoms with Gasteiger partial charge in [0.25, 0.3) is 0 Å². The second-order valence-corrected chi connectivity index (χ2v) is 1.58. The molecule has 0 aromatic heterocycles. The van der Waals surface area contributed by atoms with Gasteiger partial charge in [0, 0.05) is 6.61 Å². The molecule has 0 spiro atoms. The Balaban J connectivity index is -0.0000000133. The van der Waals surface area contributed by atoms with Crippen LogP contribution >= 0.6 is 0 Å². The van der Waals surface area contributed by atoms with Crippen molar-refractivity contribution in [2.75, 3.05) is 6.61 Å². The standard InChI is InChI=1S/C4H10O.Al.Mg.5H/c1-4(2)3-5;;;;;;;/h4-5H,3H2,1-2H3;;;;;;;/q;;+2;;;;2*-1. The molecule has 1 nitrogen and oxygen atoms in total. The molecule has 0 heterocycles. The number of aliphatic hydroxyl groups excluding tert-OH is 1. The van der Waals surface area contributed by atoms with Crippen LogP contribution < -0.4 is 0 Å². The molecule has 1 N–H and O–H groups in total. The van der Waals surface area contributed by atoms with Crippen LogP contribution in [0.3, 0.4) is 0 Å². The van der Waals surface area contributed by atoms with Gasteiger partial charge in [-0.05, 0) is 5.92 Å². The van der Waals surface area contributed by atoms with Crippen molar-refractivity contribution in [1.82, 2.24) is 0 Å². The molecule has 0 aliphatic heterocycles. The summed E-state index contributed by atoms with van der Waals surface area (Å²) in [5, 5.41) is 8.14. The van der Waals surface area contributed by atoms with Gasteiger partial charge in [0.05, 0.1) is 0 Å². The summed E-state index contributed by atoms with van der Waals surface area (Å²) in [6, 6.07) is 0. The zero-order chi connectivity index (χ0) is 4.28. The van der Waals surface area contributed by atoms with Crippen molar-refractivity contribution in [2.24, 2.45) is 5.92 Å². The Hall–Kier alpha value is 1.26. The van der Waals surface area contributed by atoms with E-state index in [9.17, 15) is 0 Å². The summed E-state index contributed by atoms with van der Waals surface area (Å²) in [5.74, 6) is 0.440. The Kier molecular flexibility index (Phi) is 23.1. The van der Waals surface area contributed by atoms with E-state index in [1.165, 1.54) is 0 Å². The number of aliphatic hydroxyl groups is 1. The topological polar surface area (TPSA) is 20.2 Å². The van der Waals surface area contributed by atoms with Crippen molar-refractivity contribution in [1.29, 1.82) is 0 Å². The van der Waals surface area contributed by atoms with Gasteiger partial charge >= 0.3 is 23.1 Å². The van der Waals surface area contributed by atoms with Gasteiger partial charge in [-0.3, -0.25) is 0 Å². The summed E-state index contributed by atoms with van der Waals surface area (Å²) < 4.78 is 0. The SMILES string of the molecule is CC(C)CO.[AlH3].[H-].[H-].[Mg+2]. The normalized spacial score (nSPS) is 6.86. The number of rotatable bonds is 1. The molecule has 0 saturated heterocycles. The van der Waals surface area contributed by atoms with Gasteiger partial charge in [-0.2, -0.15) is 0 Å². The third-order valence-electron chi connectivity index (χ3n) is 0.365. The number of hydrogen-bond acceptors (Lipinski definition) is 1. The molecule has 0 unspecified atom stereocenters. The van der Waals surface area contributed by atoms with Crippen LogP contribution in [0.1, 0.15) is 16.7 Å². The third-order valence-corrected chi connectivity index (χ3v) is 0.365. The molecular formula is C4H15AlMgO. The van der Waals surface area contributed by atoms with Gasteiger partial charge in [-0.15, -0.1) is 0 Å². The van der Waals surface area contributed by atoms with E-state index in [2.05, 4.69) is 0 Å². The quantitative estimate of drug-likeness (QED) is 0.465. The minimum absolute atomic E-state index is 0. The van der Waals surface area contributed by atoms with Gasteiger partial charge < -0.3 is 7.96 Å². The Morgan fingerprint density at radius 1 is 1.57 bits per heavy atom. The second-order valence-electron chi connectivity index (χ2n) is 1.58. The smallest absolute Gasteiger partial charge is 1.00 e. The summed E-state index contributed by atoms with van der Waals surface area (Å²) in [7, 11) is 0. The second kappa shape index (κ2) is 10.3. The van der Waals surface area contributed by atoms with Crippen LogP contribution in [0.2, 0.25) is 0 Å². The maximum Gasteiger partial charge on any atom is 2.00 e. The summed E-state index contributed by atoms with van der Waals surface area (Å²) in [6.45, 7) is 4.25. The van der Waals surface area contributed by atoms with Crippen LogP contribution in [0.25, 0.3) is 0 Å². The first kappa shape index (κ1) is 15.7. The van der Waals surface area contributed by atoms with E-state index in [1.54, 1.807) is 0 Å². The summed E-state index contributed by atoms with van der Waals surface area (Å²) in [5.41, 5.74) is 0. The Labute approximate surface area is 74.7 Å². The van der Waals surface area contributed by atoms with E-state index < -0.39 is 0 Å². The molecule has 0 amide bonds. The maximum absolute atomic E-state index is 8.14. The van der Waals surface area contributed by atoms with E-state index in [0.717, 1.165) is 0 Å². The predicted molar refractivity (Wildman–Crippen MR) is 39.8 cm³/mol. The first-order valence-electron chi connectivity index (χ1n) is 1.88. The molecule has 0 rings (SSSR count). The minimum atomic E-state index is 0. The van der Waals surface area contributed by atoms with Crippen molar-refractivity contribution in [3.8, 4) is 0 Å². The van der Waals surface area contributed by atoms with E-state index in [-0.39, 0.29) is 43.3 Å². The van der Waals surface area contributed by atoms with E-state index in [0.29, 0.717) is 12.5 Å². The van der Waals surface area contributed by atoms with Crippen LogP contribution in [0.4, 0.5) is 0 Å². The summed E-state index contributed by atoms with van der Waals surface area (Å²) in [6.07, 6.45) is 0. The molecule has 0 aromatic rings. The Bertz CT molecular complexity index is 32.5. The van der Waals surface area contributed by atoms with Crippen molar-refractivity contribution in [2.45, 2.75) is 13.8 Å². The van der Waals surface area contributed by atoms with Crippen molar-refractivity contribution >= 4 is 40.4 Å². The molecule has 0 aromatic carbocycles. The van der Waals surface area contributed by atoms with E-state index >= 15 is 0 Å². The van der Waals surface area contributed by atoms with Crippen LogP contribution in [-0.2, 0) is 0 Å². The predicted octanol–water partition coefficient (Wildman–Crippen LogP) is -0.705. The van der Waals surface area contributed by atoms with Crippen molar-refractivity contribution < 1.29 is 7.96 Å².